The normalized spacial score (nSPS) is 34.5. The summed E-state index contributed by atoms with van der Waals surface area (Å²) in [6.45, 7) is 4.88. The Morgan fingerprint density at radius 3 is 1.08 bits per heavy atom. The van der Waals surface area contributed by atoms with Crippen LogP contribution in [0.15, 0.2) is 0 Å². The van der Waals surface area contributed by atoms with Gasteiger partial charge in [-0.25, -0.2) is 0 Å². The zero-order chi connectivity index (χ0) is 43.6. The van der Waals surface area contributed by atoms with Crippen LogP contribution in [0.2, 0.25) is 0 Å². The predicted molar refractivity (Wildman–Crippen MR) is 239 cm³/mol. The minimum absolute atomic E-state index is 0. The van der Waals surface area contributed by atoms with Gasteiger partial charge in [-0.15, -0.1) is 0 Å². The molecule has 354 valence electrons. The van der Waals surface area contributed by atoms with Gasteiger partial charge in [-0.2, -0.15) is 0 Å². The summed E-state index contributed by atoms with van der Waals surface area (Å²) in [5.74, 6) is 0.154. The van der Waals surface area contributed by atoms with Crippen molar-refractivity contribution in [3.8, 4) is 0 Å². The summed E-state index contributed by atoms with van der Waals surface area (Å²) in [6, 6.07) is 0. The van der Waals surface area contributed by atoms with Crippen molar-refractivity contribution in [2.75, 3.05) is 21.3 Å². The Kier molecular flexibility index (Phi) is 21.7. The topological polar surface area (TPSA) is 158 Å². The van der Waals surface area contributed by atoms with Gasteiger partial charge >= 0.3 is 17.9 Å². The van der Waals surface area contributed by atoms with E-state index in [9.17, 15) is 28.8 Å². The number of Topliss-reactive ketones (excluding diaryl/α,β-unsaturated/α-hetero) is 3. The number of hydrogen-bond acceptors (Lipinski definition) is 12. The molecule has 6 saturated carbocycles. The lowest BCUT2D eigenvalue weighted by molar-refractivity contribution is -0.162. The first-order chi connectivity index (χ1) is 28.8. The van der Waals surface area contributed by atoms with Crippen LogP contribution in [-0.4, -0.2) is 93.2 Å². The Balaban J connectivity index is -0.000000863. The van der Waals surface area contributed by atoms with Gasteiger partial charge in [0.1, 0.15) is 35.7 Å². The Hall–Kier alpha value is -2.70. The van der Waals surface area contributed by atoms with E-state index in [-0.39, 0.29) is 97.6 Å². The summed E-state index contributed by atoms with van der Waals surface area (Å²) in [4.78, 5) is 71.1. The van der Waals surface area contributed by atoms with Crippen molar-refractivity contribution in [1.29, 1.82) is 0 Å². The summed E-state index contributed by atoms with van der Waals surface area (Å²) < 4.78 is 32.9. The molecule has 0 aromatic heterocycles. The number of carbonyl (C=O) groups is 6. The summed E-state index contributed by atoms with van der Waals surface area (Å²) in [5.41, 5.74) is 0. The third-order valence-electron chi connectivity index (χ3n) is 14.5. The highest BCUT2D eigenvalue weighted by Gasteiger charge is 2.37. The maximum atomic E-state index is 12.3. The van der Waals surface area contributed by atoms with Crippen LogP contribution in [0.3, 0.4) is 0 Å². The van der Waals surface area contributed by atoms with Gasteiger partial charge in [-0.1, -0.05) is 19.3 Å². The first-order valence-corrected chi connectivity index (χ1v) is 23.5. The molecule has 0 aromatic carbocycles. The van der Waals surface area contributed by atoms with E-state index in [4.69, 9.17) is 28.4 Å². The quantitative estimate of drug-likeness (QED) is 0.135. The minimum Gasteiger partial charge on any atom is -0.462 e. The molecule has 6 fully saturated rings. The van der Waals surface area contributed by atoms with Gasteiger partial charge in [0.05, 0.1) is 36.1 Å². The number of ether oxygens (including phenoxy) is 6. The molecular formula is C48H90O12. The van der Waals surface area contributed by atoms with Crippen LogP contribution in [0.5, 0.6) is 0 Å². The maximum Gasteiger partial charge on any atom is 0.309 e. The first-order valence-electron chi connectivity index (χ1n) is 23.5. The fourth-order valence-electron chi connectivity index (χ4n) is 10.3. The third kappa shape index (κ3) is 16.2. The lowest BCUT2D eigenvalue weighted by Crippen LogP contribution is -2.36. The van der Waals surface area contributed by atoms with Gasteiger partial charge in [0, 0.05) is 47.6 Å². The van der Waals surface area contributed by atoms with Crippen molar-refractivity contribution < 1.29 is 65.7 Å². The van der Waals surface area contributed by atoms with Gasteiger partial charge in [0.25, 0.3) is 0 Å². The first kappa shape index (κ1) is 50.0. The molecule has 0 aromatic rings. The molecule has 12 nitrogen and oxygen atoms in total. The number of esters is 3. The standard InChI is InChI=1S/3C16H26O4.6H2/c1-11(17)12-3-5-13(6-4-12)16(18)20-15-9-7-14(19-2)8-10-15;1-11(17)12-4-3-5-13(10-12)16(18)20-15-8-6-14(19-2)7-9-15;1-11(17)14-5-3-4-6-15(14)16(18)20-13-9-7-12(19-2)8-10-13;;;;;;/h3*12-15H,3-10H2,1-2H3;6*1H. The summed E-state index contributed by atoms with van der Waals surface area (Å²) >= 11 is 0. The lowest BCUT2D eigenvalue weighted by Gasteiger charge is -2.32. The molecule has 6 rings (SSSR count). The molecule has 12 heteroatoms. The summed E-state index contributed by atoms with van der Waals surface area (Å²) in [6.07, 6.45) is 22.7. The Morgan fingerprint density at radius 1 is 0.333 bits per heavy atom. The number of methoxy groups -OCH3 is 3. The van der Waals surface area contributed by atoms with Crippen LogP contribution in [0.1, 0.15) is 183 Å². The van der Waals surface area contributed by atoms with Crippen molar-refractivity contribution >= 4 is 35.3 Å². The smallest absolute Gasteiger partial charge is 0.309 e. The summed E-state index contributed by atoms with van der Waals surface area (Å²) in [7, 11) is 5.21. The van der Waals surface area contributed by atoms with Gasteiger partial charge < -0.3 is 28.4 Å². The zero-order valence-electron chi connectivity index (χ0n) is 37.8. The van der Waals surface area contributed by atoms with Crippen molar-refractivity contribution in [3.63, 3.8) is 0 Å². The van der Waals surface area contributed by atoms with Crippen molar-refractivity contribution in [2.45, 2.75) is 211 Å². The molecule has 0 heterocycles. The van der Waals surface area contributed by atoms with E-state index in [1.165, 1.54) is 0 Å². The van der Waals surface area contributed by atoms with Crippen LogP contribution >= 0.6 is 0 Å². The highest BCUT2D eigenvalue weighted by atomic mass is 16.6. The molecule has 60 heavy (non-hydrogen) atoms. The van der Waals surface area contributed by atoms with E-state index in [0.717, 1.165) is 148 Å². The van der Waals surface area contributed by atoms with E-state index in [1.807, 2.05) is 0 Å². The number of hydrogen-bond donors (Lipinski definition) is 0. The summed E-state index contributed by atoms with van der Waals surface area (Å²) in [5, 5.41) is 0. The van der Waals surface area contributed by atoms with E-state index >= 15 is 0 Å². The van der Waals surface area contributed by atoms with Gasteiger partial charge in [-0.3, -0.25) is 28.8 Å². The molecular weight excluding hydrogens is 769 g/mol. The molecule has 0 spiro atoms. The van der Waals surface area contributed by atoms with E-state index in [1.54, 1.807) is 42.1 Å². The largest absolute Gasteiger partial charge is 0.462 e. The Bertz CT molecular complexity index is 1380. The third-order valence-corrected chi connectivity index (χ3v) is 14.5. The molecule has 0 aliphatic heterocycles. The van der Waals surface area contributed by atoms with E-state index < -0.39 is 0 Å². The highest BCUT2D eigenvalue weighted by molar-refractivity contribution is 5.85. The Morgan fingerprint density at radius 2 is 0.683 bits per heavy atom. The van der Waals surface area contributed by atoms with Crippen LogP contribution in [0, 0.1) is 35.5 Å². The fraction of sp³-hybridized carbons (Fsp3) is 0.875. The number of ketones is 3. The van der Waals surface area contributed by atoms with Gasteiger partial charge in [0.2, 0.25) is 0 Å². The Labute approximate surface area is 368 Å². The van der Waals surface area contributed by atoms with Crippen LogP contribution in [0.4, 0.5) is 0 Å². The second-order valence-electron chi connectivity index (χ2n) is 18.7. The second kappa shape index (κ2) is 26.0. The van der Waals surface area contributed by atoms with Crippen LogP contribution in [0.25, 0.3) is 0 Å². The molecule has 0 radical (unpaired) electrons. The average molecular weight is 859 g/mol. The van der Waals surface area contributed by atoms with E-state index in [0.29, 0.717) is 24.7 Å². The fourth-order valence-corrected chi connectivity index (χ4v) is 10.3. The van der Waals surface area contributed by atoms with Crippen LogP contribution < -0.4 is 0 Å². The predicted octanol–water partition coefficient (Wildman–Crippen LogP) is 10.1. The lowest BCUT2D eigenvalue weighted by atomic mass is 9.77. The van der Waals surface area contributed by atoms with Crippen molar-refractivity contribution in [2.24, 2.45) is 35.5 Å². The molecule has 0 amide bonds. The molecule has 4 atom stereocenters. The van der Waals surface area contributed by atoms with E-state index in [2.05, 4.69) is 0 Å². The van der Waals surface area contributed by atoms with Gasteiger partial charge in [-0.05, 0) is 156 Å². The zero-order valence-corrected chi connectivity index (χ0v) is 37.8. The monoisotopic (exact) mass is 859 g/mol. The molecule has 0 N–H and O–H groups in total. The SMILES string of the molecule is COC1CCC(OC(=O)C2CCC(C(C)=O)CC2)CC1.COC1CCC(OC(=O)C2CCCC(C(C)=O)C2)CC1.COC1CCC(OC(=O)C2CCCCC2C(C)=O)CC1.[HH].[HH].[HH].[HH].[HH].[HH]. The molecule has 6 aliphatic rings. The molecule has 0 bridgehead atoms. The molecule has 0 saturated heterocycles. The minimum atomic E-state index is -0.207. The van der Waals surface area contributed by atoms with Crippen molar-refractivity contribution in [3.05, 3.63) is 0 Å². The maximum absolute atomic E-state index is 12.3. The second-order valence-corrected chi connectivity index (χ2v) is 18.7. The number of carbonyl (C=O) groups excluding carboxylic acids is 6. The highest BCUT2D eigenvalue weighted by Crippen LogP contribution is 2.35. The van der Waals surface area contributed by atoms with Crippen LogP contribution in [-0.2, 0) is 57.2 Å². The molecule has 4 unspecified atom stereocenters. The molecule has 6 aliphatic carbocycles. The van der Waals surface area contributed by atoms with Gasteiger partial charge in [0.15, 0.2) is 0 Å². The van der Waals surface area contributed by atoms with Crippen molar-refractivity contribution in [1.82, 2.24) is 0 Å². The average Bonchev–Trinajstić information content (AvgIpc) is 3.27. The number of rotatable bonds is 12.